The van der Waals surface area contributed by atoms with E-state index in [0.717, 1.165) is 0 Å². The average Bonchev–Trinajstić information content (AvgIpc) is 2.33. The number of aliphatic hydroxyl groups is 1. The van der Waals surface area contributed by atoms with E-state index in [4.69, 9.17) is 19.3 Å². The molecule has 0 aromatic rings. The van der Waals surface area contributed by atoms with E-state index in [9.17, 15) is 14.7 Å². The molecule has 1 aliphatic heterocycles. The van der Waals surface area contributed by atoms with Gasteiger partial charge < -0.3 is 29.7 Å². The lowest BCUT2D eigenvalue weighted by molar-refractivity contribution is -0.229. The van der Waals surface area contributed by atoms with Crippen LogP contribution in [0.3, 0.4) is 0 Å². The first kappa shape index (κ1) is 14.7. The van der Waals surface area contributed by atoms with Crippen molar-refractivity contribution in [3.8, 4) is 0 Å². The van der Waals surface area contributed by atoms with Crippen molar-refractivity contribution < 1.29 is 34.0 Å². The summed E-state index contributed by atoms with van der Waals surface area (Å²) in [6.45, 7) is 1.51. The molecule has 1 heterocycles. The zero-order valence-corrected chi connectivity index (χ0v) is 10.3. The van der Waals surface area contributed by atoms with Crippen LogP contribution in [0.5, 0.6) is 0 Å². The van der Waals surface area contributed by atoms with Gasteiger partial charge in [0.2, 0.25) is 0 Å². The Kier molecular flexibility index (Phi) is 4.88. The molecule has 1 rings (SSSR count). The summed E-state index contributed by atoms with van der Waals surface area (Å²) in [5, 5.41) is 21.2. The molecule has 8 nitrogen and oxygen atoms in total. The molecule has 0 aromatic carbocycles. The maximum absolute atomic E-state index is 11.1. The molecule has 0 bridgehead atoms. The summed E-state index contributed by atoms with van der Waals surface area (Å²) in [4.78, 5) is 22.1. The van der Waals surface area contributed by atoms with E-state index in [1.807, 2.05) is 0 Å². The fourth-order valence-corrected chi connectivity index (χ4v) is 1.84. The van der Waals surface area contributed by atoms with E-state index in [-0.39, 0.29) is 0 Å². The Balaban J connectivity index is 2.84. The summed E-state index contributed by atoms with van der Waals surface area (Å²) in [6.07, 6.45) is -6.18. The highest BCUT2D eigenvalue weighted by Crippen LogP contribution is 2.25. The summed E-state index contributed by atoms with van der Waals surface area (Å²) in [5.41, 5.74) is 0. The standard InChI is InChI=1S/C10H17NO7/c1-4-6(18-10(15)11-2)5(12)7(16-3)8(17-4)9(13)14/h4-8,12H,1-3H3,(H,11,15)(H,13,14). The molecule has 0 aliphatic carbocycles. The van der Waals surface area contributed by atoms with Crippen molar-refractivity contribution in [3.63, 3.8) is 0 Å². The van der Waals surface area contributed by atoms with Crippen molar-refractivity contribution >= 4 is 12.1 Å². The van der Waals surface area contributed by atoms with E-state index >= 15 is 0 Å². The molecule has 1 amide bonds. The van der Waals surface area contributed by atoms with Crippen molar-refractivity contribution in [1.29, 1.82) is 0 Å². The second-order valence-corrected chi connectivity index (χ2v) is 3.91. The number of carboxylic acids is 1. The van der Waals surface area contributed by atoms with Crippen molar-refractivity contribution in [2.24, 2.45) is 0 Å². The Morgan fingerprint density at radius 3 is 2.39 bits per heavy atom. The van der Waals surface area contributed by atoms with Crippen molar-refractivity contribution in [2.75, 3.05) is 14.2 Å². The highest BCUT2D eigenvalue weighted by Gasteiger charge is 2.48. The maximum Gasteiger partial charge on any atom is 0.407 e. The van der Waals surface area contributed by atoms with Crippen LogP contribution in [-0.4, -0.2) is 67.0 Å². The third kappa shape index (κ3) is 2.89. The van der Waals surface area contributed by atoms with Crippen molar-refractivity contribution in [1.82, 2.24) is 5.32 Å². The molecule has 0 spiro atoms. The Morgan fingerprint density at radius 2 is 1.94 bits per heavy atom. The first-order valence-electron chi connectivity index (χ1n) is 5.39. The van der Waals surface area contributed by atoms with Gasteiger partial charge in [-0.2, -0.15) is 0 Å². The summed E-state index contributed by atoms with van der Waals surface area (Å²) < 4.78 is 15.0. The number of hydrogen-bond acceptors (Lipinski definition) is 6. The van der Waals surface area contributed by atoms with Crippen LogP contribution in [0.15, 0.2) is 0 Å². The van der Waals surface area contributed by atoms with Crippen LogP contribution in [-0.2, 0) is 19.0 Å². The van der Waals surface area contributed by atoms with Crippen LogP contribution in [0, 0.1) is 0 Å². The van der Waals surface area contributed by atoms with Gasteiger partial charge in [-0.3, -0.25) is 0 Å². The van der Waals surface area contributed by atoms with E-state index < -0.39 is 42.6 Å². The van der Waals surface area contributed by atoms with Crippen LogP contribution in [0.2, 0.25) is 0 Å². The van der Waals surface area contributed by atoms with Crippen LogP contribution < -0.4 is 5.32 Å². The molecule has 5 atom stereocenters. The lowest BCUT2D eigenvalue weighted by atomic mass is 9.95. The van der Waals surface area contributed by atoms with Gasteiger partial charge in [0.1, 0.15) is 12.2 Å². The normalized spacial score (nSPS) is 35.9. The highest BCUT2D eigenvalue weighted by molar-refractivity contribution is 5.73. The molecule has 0 saturated carbocycles. The van der Waals surface area contributed by atoms with Gasteiger partial charge in [-0.25, -0.2) is 9.59 Å². The fourth-order valence-electron chi connectivity index (χ4n) is 1.84. The molecule has 0 radical (unpaired) electrons. The highest BCUT2D eigenvalue weighted by atomic mass is 16.6. The molecular formula is C10H17NO7. The minimum Gasteiger partial charge on any atom is -0.479 e. The van der Waals surface area contributed by atoms with E-state index in [1.165, 1.54) is 21.1 Å². The quantitative estimate of drug-likeness (QED) is 0.595. The summed E-state index contributed by atoms with van der Waals surface area (Å²) in [5.74, 6) is -1.24. The number of methoxy groups -OCH3 is 1. The zero-order valence-electron chi connectivity index (χ0n) is 10.3. The smallest absolute Gasteiger partial charge is 0.407 e. The number of rotatable bonds is 3. The molecule has 1 saturated heterocycles. The van der Waals surface area contributed by atoms with E-state index in [2.05, 4.69) is 5.32 Å². The van der Waals surface area contributed by atoms with Gasteiger partial charge >= 0.3 is 12.1 Å². The van der Waals surface area contributed by atoms with Gasteiger partial charge in [-0.1, -0.05) is 0 Å². The van der Waals surface area contributed by atoms with Gasteiger partial charge in [-0.15, -0.1) is 0 Å². The lowest BCUT2D eigenvalue weighted by Crippen LogP contribution is -2.61. The molecule has 0 aromatic heterocycles. The Labute approximate surface area is 104 Å². The number of alkyl carbamates (subject to hydrolysis) is 1. The van der Waals surface area contributed by atoms with Crippen molar-refractivity contribution in [2.45, 2.75) is 37.4 Å². The predicted octanol–water partition coefficient (Wildman–Crippen LogP) is -1.04. The number of ether oxygens (including phenoxy) is 3. The van der Waals surface area contributed by atoms with Gasteiger partial charge in [-0.05, 0) is 6.92 Å². The number of carbonyl (C=O) groups excluding carboxylic acids is 1. The molecule has 104 valence electrons. The van der Waals surface area contributed by atoms with Crippen LogP contribution in [0.4, 0.5) is 4.79 Å². The number of carbonyl (C=O) groups is 2. The molecule has 1 fully saturated rings. The molecule has 5 unspecified atom stereocenters. The second-order valence-electron chi connectivity index (χ2n) is 3.91. The van der Waals surface area contributed by atoms with E-state index in [1.54, 1.807) is 0 Å². The van der Waals surface area contributed by atoms with Crippen molar-refractivity contribution in [3.05, 3.63) is 0 Å². The van der Waals surface area contributed by atoms with Gasteiger partial charge in [0.15, 0.2) is 12.2 Å². The monoisotopic (exact) mass is 263 g/mol. The maximum atomic E-state index is 11.1. The van der Waals surface area contributed by atoms with Crippen LogP contribution in [0.1, 0.15) is 6.92 Å². The second kappa shape index (κ2) is 5.98. The third-order valence-electron chi connectivity index (χ3n) is 2.76. The Bertz CT molecular complexity index is 321. The first-order chi connectivity index (χ1) is 8.42. The summed E-state index contributed by atoms with van der Waals surface area (Å²) >= 11 is 0. The number of aliphatic carboxylic acids is 1. The number of nitrogens with one attached hydrogen (secondary N) is 1. The minimum atomic E-state index is -1.30. The zero-order chi connectivity index (χ0) is 13.9. The molecule has 3 N–H and O–H groups in total. The summed E-state index contributed by atoms with van der Waals surface area (Å²) in [7, 11) is 2.62. The molecular weight excluding hydrogens is 246 g/mol. The fraction of sp³-hybridized carbons (Fsp3) is 0.800. The average molecular weight is 263 g/mol. The van der Waals surface area contributed by atoms with Gasteiger partial charge in [0, 0.05) is 14.2 Å². The first-order valence-corrected chi connectivity index (χ1v) is 5.39. The third-order valence-corrected chi connectivity index (χ3v) is 2.76. The number of carboxylic acid groups (broad SMARTS) is 1. The molecule has 18 heavy (non-hydrogen) atoms. The Hall–Kier alpha value is -1.38. The van der Waals surface area contributed by atoms with Gasteiger partial charge in [0.05, 0.1) is 6.10 Å². The lowest BCUT2D eigenvalue weighted by Gasteiger charge is -2.40. The minimum absolute atomic E-state index is 0.738. The largest absolute Gasteiger partial charge is 0.479 e. The molecule has 1 aliphatic rings. The van der Waals surface area contributed by atoms with Gasteiger partial charge in [0.25, 0.3) is 0 Å². The summed E-state index contributed by atoms with van der Waals surface area (Å²) in [6, 6.07) is 0. The number of aliphatic hydroxyl groups excluding tert-OH is 1. The Morgan fingerprint density at radius 1 is 1.33 bits per heavy atom. The number of amides is 1. The van der Waals surface area contributed by atoms with Crippen LogP contribution >= 0.6 is 0 Å². The topological polar surface area (TPSA) is 114 Å². The molecule has 8 heteroatoms. The van der Waals surface area contributed by atoms with E-state index in [0.29, 0.717) is 0 Å². The number of hydrogen-bond donors (Lipinski definition) is 3. The SMILES string of the molecule is CNC(=O)OC1C(C)OC(C(=O)O)C(OC)C1O. The van der Waals surface area contributed by atoms with Crippen LogP contribution in [0.25, 0.3) is 0 Å². The predicted molar refractivity (Wildman–Crippen MR) is 58.1 cm³/mol.